The number of nitrogens with two attached hydrogens (primary N) is 1. The number of carbonyl (C=O) groups excluding carboxylic acids is 1. The van der Waals surface area contributed by atoms with E-state index in [1.807, 2.05) is 6.07 Å². The highest BCUT2D eigenvalue weighted by atomic mass is 19.1. The molecule has 1 atom stereocenters. The zero-order valence-electron chi connectivity index (χ0n) is 11.6. The van der Waals surface area contributed by atoms with Crippen molar-refractivity contribution in [3.05, 3.63) is 35.6 Å². The fourth-order valence-electron chi connectivity index (χ4n) is 2.43. The molecule has 0 bridgehead atoms. The molecule has 1 aromatic rings. The van der Waals surface area contributed by atoms with E-state index >= 15 is 0 Å². The molecule has 5 heteroatoms. The van der Waals surface area contributed by atoms with Gasteiger partial charge in [-0.25, -0.2) is 4.39 Å². The fraction of sp³-hybridized carbons (Fsp3) is 0.533. The van der Waals surface area contributed by atoms with Gasteiger partial charge in [-0.2, -0.15) is 0 Å². The SMILES string of the molecule is NCCC(=O)N(Cc1cccc(F)c1)CC1CCCO1. The molecule has 1 aromatic carbocycles. The van der Waals surface area contributed by atoms with E-state index in [1.165, 1.54) is 12.1 Å². The van der Waals surface area contributed by atoms with Crippen LogP contribution in [0.25, 0.3) is 0 Å². The molecule has 0 saturated carbocycles. The van der Waals surface area contributed by atoms with Gasteiger partial charge in [-0.1, -0.05) is 12.1 Å². The number of hydrogen-bond donors (Lipinski definition) is 1. The molecule has 1 amide bonds. The zero-order valence-corrected chi connectivity index (χ0v) is 11.6. The number of amides is 1. The number of hydrogen-bond acceptors (Lipinski definition) is 3. The van der Waals surface area contributed by atoms with Crippen LogP contribution in [0.2, 0.25) is 0 Å². The van der Waals surface area contributed by atoms with Crippen molar-refractivity contribution in [3.8, 4) is 0 Å². The van der Waals surface area contributed by atoms with Crippen molar-refractivity contribution in [1.82, 2.24) is 4.90 Å². The lowest BCUT2D eigenvalue weighted by Gasteiger charge is -2.25. The van der Waals surface area contributed by atoms with Gasteiger partial charge < -0.3 is 15.4 Å². The standard InChI is InChI=1S/C15H21FN2O2/c16-13-4-1-3-12(9-13)10-18(15(19)6-7-17)11-14-5-2-8-20-14/h1,3-4,9,14H,2,5-8,10-11,17H2. The van der Waals surface area contributed by atoms with Gasteiger partial charge in [0.2, 0.25) is 5.91 Å². The highest BCUT2D eigenvalue weighted by Gasteiger charge is 2.22. The molecule has 1 aliphatic rings. The van der Waals surface area contributed by atoms with Gasteiger partial charge in [-0.15, -0.1) is 0 Å². The van der Waals surface area contributed by atoms with Crippen LogP contribution in [0.3, 0.4) is 0 Å². The first-order chi connectivity index (χ1) is 9.69. The van der Waals surface area contributed by atoms with Crippen LogP contribution in [-0.2, 0) is 16.1 Å². The van der Waals surface area contributed by atoms with Gasteiger partial charge in [-0.3, -0.25) is 4.79 Å². The van der Waals surface area contributed by atoms with Crippen LogP contribution in [-0.4, -0.2) is 36.6 Å². The number of benzene rings is 1. The van der Waals surface area contributed by atoms with Gasteiger partial charge in [0, 0.05) is 32.7 Å². The van der Waals surface area contributed by atoms with E-state index in [0.29, 0.717) is 26.1 Å². The summed E-state index contributed by atoms with van der Waals surface area (Å²) in [6.07, 6.45) is 2.39. The summed E-state index contributed by atoms with van der Waals surface area (Å²) in [5.74, 6) is -0.293. The van der Waals surface area contributed by atoms with Crippen molar-refractivity contribution in [2.24, 2.45) is 5.73 Å². The lowest BCUT2D eigenvalue weighted by molar-refractivity contribution is -0.133. The minimum atomic E-state index is -0.286. The first kappa shape index (κ1) is 14.9. The molecule has 0 aromatic heterocycles. The Morgan fingerprint density at radius 3 is 3.00 bits per heavy atom. The molecule has 1 saturated heterocycles. The molecule has 0 aliphatic carbocycles. The maximum Gasteiger partial charge on any atom is 0.224 e. The van der Waals surface area contributed by atoms with E-state index < -0.39 is 0 Å². The average Bonchev–Trinajstić information content (AvgIpc) is 2.91. The van der Waals surface area contributed by atoms with Crippen molar-refractivity contribution >= 4 is 5.91 Å². The summed E-state index contributed by atoms with van der Waals surface area (Å²) in [6.45, 7) is 2.03. The summed E-state index contributed by atoms with van der Waals surface area (Å²) in [7, 11) is 0. The molecular formula is C15H21FN2O2. The third-order valence-electron chi connectivity index (χ3n) is 3.42. The normalized spacial score (nSPS) is 18.2. The Labute approximate surface area is 118 Å². The van der Waals surface area contributed by atoms with Gasteiger partial charge in [-0.05, 0) is 30.5 Å². The van der Waals surface area contributed by atoms with E-state index in [9.17, 15) is 9.18 Å². The number of rotatable bonds is 6. The van der Waals surface area contributed by atoms with Crippen LogP contribution in [0.15, 0.2) is 24.3 Å². The van der Waals surface area contributed by atoms with E-state index in [4.69, 9.17) is 10.5 Å². The van der Waals surface area contributed by atoms with Gasteiger partial charge in [0.05, 0.1) is 6.10 Å². The molecule has 2 rings (SSSR count). The highest BCUT2D eigenvalue weighted by molar-refractivity contribution is 5.76. The van der Waals surface area contributed by atoms with Gasteiger partial charge in [0.1, 0.15) is 5.82 Å². The minimum absolute atomic E-state index is 0.00717. The van der Waals surface area contributed by atoms with Crippen molar-refractivity contribution in [1.29, 1.82) is 0 Å². The molecule has 1 fully saturated rings. The molecular weight excluding hydrogens is 259 g/mol. The molecule has 0 radical (unpaired) electrons. The smallest absolute Gasteiger partial charge is 0.224 e. The number of ether oxygens (including phenoxy) is 1. The molecule has 4 nitrogen and oxygen atoms in total. The zero-order chi connectivity index (χ0) is 14.4. The van der Waals surface area contributed by atoms with Crippen LogP contribution < -0.4 is 5.73 Å². The molecule has 2 N–H and O–H groups in total. The summed E-state index contributed by atoms with van der Waals surface area (Å²) in [6, 6.07) is 6.33. The quantitative estimate of drug-likeness (QED) is 0.862. The maximum absolute atomic E-state index is 13.2. The summed E-state index contributed by atoms with van der Waals surface area (Å²) in [4.78, 5) is 13.8. The third-order valence-corrected chi connectivity index (χ3v) is 3.42. The van der Waals surface area contributed by atoms with Crippen LogP contribution in [0.4, 0.5) is 4.39 Å². The molecule has 110 valence electrons. The van der Waals surface area contributed by atoms with Gasteiger partial charge >= 0.3 is 0 Å². The second-order valence-electron chi connectivity index (χ2n) is 5.08. The van der Waals surface area contributed by atoms with Crippen molar-refractivity contribution in [2.45, 2.75) is 31.9 Å². The summed E-state index contributed by atoms with van der Waals surface area (Å²) < 4.78 is 18.8. The first-order valence-corrected chi connectivity index (χ1v) is 7.03. The second kappa shape index (κ2) is 7.36. The molecule has 1 unspecified atom stereocenters. The van der Waals surface area contributed by atoms with E-state index in [-0.39, 0.29) is 17.8 Å². The Morgan fingerprint density at radius 2 is 2.35 bits per heavy atom. The van der Waals surface area contributed by atoms with Crippen LogP contribution in [0.5, 0.6) is 0 Å². The van der Waals surface area contributed by atoms with E-state index in [1.54, 1.807) is 11.0 Å². The molecule has 1 aliphatic heterocycles. The topological polar surface area (TPSA) is 55.6 Å². The van der Waals surface area contributed by atoms with Crippen molar-refractivity contribution < 1.29 is 13.9 Å². The Morgan fingerprint density at radius 1 is 1.50 bits per heavy atom. The van der Waals surface area contributed by atoms with Gasteiger partial charge in [0.15, 0.2) is 0 Å². The van der Waals surface area contributed by atoms with Crippen molar-refractivity contribution in [3.63, 3.8) is 0 Å². The Hall–Kier alpha value is -1.46. The lowest BCUT2D eigenvalue weighted by Crippen LogP contribution is -2.37. The number of carbonyl (C=O) groups is 1. The molecule has 20 heavy (non-hydrogen) atoms. The van der Waals surface area contributed by atoms with Crippen LogP contribution in [0, 0.1) is 5.82 Å². The van der Waals surface area contributed by atoms with E-state index in [0.717, 1.165) is 25.0 Å². The Balaban J connectivity index is 2.02. The predicted octanol–water partition coefficient (Wildman–Crippen LogP) is 1.68. The van der Waals surface area contributed by atoms with Crippen molar-refractivity contribution in [2.75, 3.05) is 19.7 Å². The minimum Gasteiger partial charge on any atom is -0.376 e. The van der Waals surface area contributed by atoms with Crippen LogP contribution >= 0.6 is 0 Å². The number of halogens is 1. The van der Waals surface area contributed by atoms with E-state index in [2.05, 4.69) is 0 Å². The molecule has 1 heterocycles. The average molecular weight is 280 g/mol. The number of nitrogens with zero attached hydrogens (tertiary/aromatic N) is 1. The summed E-state index contributed by atoms with van der Waals surface area (Å²) in [5.41, 5.74) is 6.24. The maximum atomic E-state index is 13.2. The van der Waals surface area contributed by atoms with Gasteiger partial charge in [0.25, 0.3) is 0 Å². The molecule has 0 spiro atoms. The monoisotopic (exact) mass is 280 g/mol. The fourth-order valence-corrected chi connectivity index (χ4v) is 2.43. The highest BCUT2D eigenvalue weighted by Crippen LogP contribution is 2.16. The third kappa shape index (κ3) is 4.28. The predicted molar refractivity (Wildman–Crippen MR) is 74.5 cm³/mol. The summed E-state index contributed by atoms with van der Waals surface area (Å²) in [5, 5.41) is 0. The Kier molecular flexibility index (Phi) is 5.49. The second-order valence-corrected chi connectivity index (χ2v) is 5.08. The Bertz CT molecular complexity index is 447. The largest absolute Gasteiger partial charge is 0.376 e. The van der Waals surface area contributed by atoms with Crippen LogP contribution in [0.1, 0.15) is 24.8 Å². The first-order valence-electron chi connectivity index (χ1n) is 7.03. The summed E-state index contributed by atoms with van der Waals surface area (Å²) >= 11 is 0. The lowest BCUT2D eigenvalue weighted by atomic mass is 10.1.